The van der Waals surface area contributed by atoms with Crippen molar-refractivity contribution in [1.82, 2.24) is 4.98 Å². The van der Waals surface area contributed by atoms with Gasteiger partial charge in [0, 0.05) is 21.1 Å². The van der Waals surface area contributed by atoms with Gasteiger partial charge in [-0.05, 0) is 35.9 Å². The van der Waals surface area contributed by atoms with Crippen LogP contribution in [0.4, 0.5) is 5.13 Å². The minimum Gasteiger partial charge on any atom is -0.497 e. The highest BCUT2D eigenvalue weighted by Crippen LogP contribution is 2.35. The van der Waals surface area contributed by atoms with Crippen LogP contribution in [0.15, 0.2) is 52.7 Å². The van der Waals surface area contributed by atoms with Gasteiger partial charge < -0.3 is 14.8 Å². The molecule has 1 heterocycles. The van der Waals surface area contributed by atoms with Gasteiger partial charge in [0.15, 0.2) is 5.13 Å². The number of carbonyl (C=O) groups is 1. The molecule has 1 amide bonds. The van der Waals surface area contributed by atoms with E-state index < -0.39 is 0 Å². The van der Waals surface area contributed by atoms with Crippen molar-refractivity contribution in [2.75, 3.05) is 19.5 Å². The Balaban J connectivity index is 1.66. The highest BCUT2D eigenvalue weighted by molar-refractivity contribution is 7.99. The molecule has 1 aromatic heterocycles. The average Bonchev–Trinajstić information content (AvgIpc) is 3.16. The number of thioether (sulfide) groups is 1. The van der Waals surface area contributed by atoms with Crippen molar-refractivity contribution in [2.24, 2.45) is 0 Å². The Labute approximate surface area is 179 Å². The fraction of sp³-hybridized carbons (Fsp3) is 0.273. The summed E-state index contributed by atoms with van der Waals surface area (Å²) in [5.74, 6) is 1.33. The van der Waals surface area contributed by atoms with E-state index in [4.69, 9.17) is 9.47 Å². The molecule has 0 saturated heterocycles. The molecule has 7 heteroatoms. The number of nitrogens with zero attached hydrogens (tertiary/aromatic N) is 1. The van der Waals surface area contributed by atoms with Crippen LogP contribution in [0.5, 0.6) is 11.5 Å². The van der Waals surface area contributed by atoms with E-state index >= 15 is 0 Å². The number of benzene rings is 2. The number of nitrogens with one attached hydrogen (secondary N) is 1. The number of rotatable bonds is 8. The van der Waals surface area contributed by atoms with Gasteiger partial charge >= 0.3 is 0 Å². The second kappa shape index (κ2) is 9.80. The summed E-state index contributed by atoms with van der Waals surface area (Å²) in [4.78, 5) is 18.2. The maximum absolute atomic E-state index is 12.4. The van der Waals surface area contributed by atoms with Crippen molar-refractivity contribution in [3.8, 4) is 22.8 Å². The number of aromatic nitrogens is 1. The zero-order valence-corrected chi connectivity index (χ0v) is 18.5. The number of thiazole rings is 1. The highest BCUT2D eigenvalue weighted by Gasteiger charge is 2.13. The van der Waals surface area contributed by atoms with Gasteiger partial charge in [-0.2, -0.15) is 0 Å². The second-order valence-electron chi connectivity index (χ2n) is 6.64. The van der Waals surface area contributed by atoms with E-state index in [1.54, 1.807) is 26.0 Å². The molecule has 0 fully saturated rings. The average molecular weight is 429 g/mol. The van der Waals surface area contributed by atoms with Crippen molar-refractivity contribution in [2.45, 2.75) is 30.4 Å². The number of carbonyl (C=O) groups excluding carboxylic acids is 1. The van der Waals surface area contributed by atoms with E-state index in [2.05, 4.69) is 36.3 Å². The van der Waals surface area contributed by atoms with Crippen LogP contribution >= 0.6 is 23.1 Å². The molecule has 0 aliphatic heterocycles. The summed E-state index contributed by atoms with van der Waals surface area (Å²) in [6.07, 6.45) is 0.310. The minimum atomic E-state index is -0.0900. The van der Waals surface area contributed by atoms with Crippen LogP contribution in [0.1, 0.15) is 19.4 Å². The first kappa shape index (κ1) is 21.2. The topological polar surface area (TPSA) is 60.5 Å². The monoisotopic (exact) mass is 428 g/mol. The Hall–Kier alpha value is -2.51. The lowest BCUT2D eigenvalue weighted by atomic mass is 10.1. The molecule has 0 spiro atoms. The van der Waals surface area contributed by atoms with Gasteiger partial charge in [0.25, 0.3) is 0 Å². The number of methoxy groups -OCH3 is 2. The standard InChI is InChI=1S/C22H24N2O3S2/c1-14(2)29-17-8-5-15(6-9-17)11-21(25)24-22-23-19(13-28-22)18-12-16(26-3)7-10-20(18)27-4/h5-10,12-14H,11H2,1-4H3,(H,23,24,25). The highest BCUT2D eigenvalue weighted by atomic mass is 32.2. The van der Waals surface area contributed by atoms with Crippen LogP contribution in [0.3, 0.4) is 0 Å². The van der Waals surface area contributed by atoms with Crippen molar-refractivity contribution < 1.29 is 14.3 Å². The zero-order valence-electron chi connectivity index (χ0n) is 16.9. The smallest absolute Gasteiger partial charge is 0.230 e. The third kappa shape index (κ3) is 5.74. The van der Waals surface area contributed by atoms with Crippen LogP contribution in [-0.2, 0) is 11.2 Å². The van der Waals surface area contributed by atoms with Gasteiger partial charge in [-0.15, -0.1) is 23.1 Å². The minimum absolute atomic E-state index is 0.0900. The summed E-state index contributed by atoms with van der Waals surface area (Å²) >= 11 is 3.19. The van der Waals surface area contributed by atoms with E-state index in [0.717, 1.165) is 22.6 Å². The van der Waals surface area contributed by atoms with Crippen LogP contribution in [0.2, 0.25) is 0 Å². The quantitative estimate of drug-likeness (QED) is 0.480. The van der Waals surface area contributed by atoms with E-state index in [1.807, 2.05) is 35.7 Å². The van der Waals surface area contributed by atoms with Crippen molar-refractivity contribution in [1.29, 1.82) is 0 Å². The van der Waals surface area contributed by atoms with Crippen LogP contribution in [0, 0.1) is 0 Å². The van der Waals surface area contributed by atoms with Crippen LogP contribution in [-0.4, -0.2) is 30.4 Å². The molecular weight excluding hydrogens is 404 g/mol. The van der Waals surface area contributed by atoms with Crippen molar-refractivity contribution in [3.63, 3.8) is 0 Å². The summed E-state index contributed by atoms with van der Waals surface area (Å²) < 4.78 is 10.7. The summed E-state index contributed by atoms with van der Waals surface area (Å²) in [6.45, 7) is 4.32. The molecule has 3 rings (SSSR count). The molecule has 0 unspecified atom stereocenters. The lowest BCUT2D eigenvalue weighted by Gasteiger charge is -2.08. The Morgan fingerprint density at radius 2 is 1.90 bits per heavy atom. The van der Waals surface area contributed by atoms with E-state index in [1.165, 1.54) is 16.2 Å². The summed E-state index contributed by atoms with van der Waals surface area (Å²) in [7, 11) is 3.23. The molecule has 0 bridgehead atoms. The lowest BCUT2D eigenvalue weighted by Crippen LogP contribution is -2.14. The molecular formula is C22H24N2O3S2. The molecule has 0 radical (unpaired) electrons. The third-order valence-corrected chi connectivity index (χ3v) is 5.87. The fourth-order valence-electron chi connectivity index (χ4n) is 2.78. The van der Waals surface area contributed by atoms with Gasteiger partial charge in [-0.25, -0.2) is 4.98 Å². The molecule has 5 nitrogen and oxygen atoms in total. The number of amides is 1. The van der Waals surface area contributed by atoms with Crippen LogP contribution < -0.4 is 14.8 Å². The first-order valence-corrected chi connectivity index (χ1v) is 11.0. The SMILES string of the molecule is COc1ccc(OC)c(-c2csc(NC(=O)Cc3ccc(SC(C)C)cc3)n2)c1. The molecule has 0 aliphatic rings. The Bertz CT molecular complexity index is 968. The number of ether oxygens (including phenoxy) is 2. The zero-order chi connectivity index (χ0) is 20.8. The maximum atomic E-state index is 12.4. The summed E-state index contributed by atoms with van der Waals surface area (Å²) in [6, 6.07) is 13.7. The predicted octanol–water partition coefficient (Wildman–Crippen LogP) is 5.51. The molecule has 2 aromatic carbocycles. The molecule has 1 N–H and O–H groups in total. The number of hydrogen-bond acceptors (Lipinski definition) is 6. The Morgan fingerprint density at radius 1 is 1.14 bits per heavy atom. The van der Waals surface area contributed by atoms with Crippen LogP contribution in [0.25, 0.3) is 11.3 Å². The first-order valence-electron chi connectivity index (χ1n) is 9.22. The van der Waals surface area contributed by atoms with Crippen molar-refractivity contribution >= 4 is 34.1 Å². The van der Waals surface area contributed by atoms with Crippen molar-refractivity contribution in [3.05, 3.63) is 53.4 Å². The summed E-state index contributed by atoms with van der Waals surface area (Å²) in [5, 5.41) is 5.87. The molecule has 0 atom stereocenters. The predicted molar refractivity (Wildman–Crippen MR) is 120 cm³/mol. The lowest BCUT2D eigenvalue weighted by molar-refractivity contribution is -0.115. The molecule has 152 valence electrons. The van der Waals surface area contributed by atoms with Gasteiger partial charge in [0.1, 0.15) is 11.5 Å². The summed E-state index contributed by atoms with van der Waals surface area (Å²) in [5.41, 5.74) is 2.53. The van der Waals surface area contributed by atoms with Gasteiger partial charge in [-0.3, -0.25) is 4.79 Å². The fourth-order valence-corrected chi connectivity index (χ4v) is 4.34. The maximum Gasteiger partial charge on any atom is 0.230 e. The normalized spacial score (nSPS) is 10.8. The largest absolute Gasteiger partial charge is 0.497 e. The molecule has 0 aliphatic carbocycles. The Morgan fingerprint density at radius 3 is 2.55 bits per heavy atom. The second-order valence-corrected chi connectivity index (χ2v) is 9.15. The number of anilines is 1. The first-order chi connectivity index (χ1) is 14.0. The third-order valence-electron chi connectivity index (χ3n) is 4.09. The molecule has 3 aromatic rings. The Kier molecular flexibility index (Phi) is 7.17. The van der Waals surface area contributed by atoms with E-state index in [0.29, 0.717) is 22.6 Å². The van der Waals surface area contributed by atoms with Gasteiger partial charge in [0.05, 0.1) is 26.3 Å². The van der Waals surface area contributed by atoms with Gasteiger partial charge in [0.2, 0.25) is 5.91 Å². The number of hydrogen-bond donors (Lipinski definition) is 1. The van der Waals surface area contributed by atoms with E-state index in [9.17, 15) is 4.79 Å². The molecule has 29 heavy (non-hydrogen) atoms. The molecule has 0 saturated carbocycles. The van der Waals surface area contributed by atoms with E-state index in [-0.39, 0.29) is 5.91 Å². The van der Waals surface area contributed by atoms with Gasteiger partial charge in [-0.1, -0.05) is 26.0 Å².